The zero-order valence-corrected chi connectivity index (χ0v) is 21.8. The zero-order valence-electron chi connectivity index (χ0n) is 21.8. The maximum atomic E-state index is 10.2. The van der Waals surface area contributed by atoms with Gasteiger partial charge in [-0.1, -0.05) is 54.6 Å². The van der Waals surface area contributed by atoms with Crippen molar-refractivity contribution >= 4 is 34.4 Å². The van der Waals surface area contributed by atoms with Gasteiger partial charge in [0.05, 0.1) is 45.1 Å². The van der Waals surface area contributed by atoms with Crippen LogP contribution in [-0.4, -0.2) is 22.9 Å². The van der Waals surface area contributed by atoms with Gasteiger partial charge in [-0.25, -0.2) is 0 Å². The molecule has 1 saturated heterocycles. The van der Waals surface area contributed by atoms with E-state index in [4.69, 9.17) is 9.31 Å². The largest absolute Gasteiger partial charge is 0.494 e. The van der Waals surface area contributed by atoms with E-state index in [1.807, 2.05) is 88.4 Å². The Hall–Kier alpha value is -4.36. The first-order valence-electron chi connectivity index (χ1n) is 12.7. The van der Waals surface area contributed by atoms with Gasteiger partial charge >= 0.3 is 7.12 Å². The lowest BCUT2D eigenvalue weighted by atomic mass is 9.77. The summed E-state index contributed by atoms with van der Waals surface area (Å²) in [5, 5.41) is 22.4. The van der Waals surface area contributed by atoms with Gasteiger partial charge in [-0.3, -0.25) is 0 Å². The van der Waals surface area contributed by atoms with E-state index in [2.05, 4.69) is 41.0 Å². The summed E-state index contributed by atoms with van der Waals surface area (Å²) in [6.45, 7) is 8.05. The summed E-state index contributed by atoms with van der Waals surface area (Å²) in [6, 6.07) is 32.6. The standard InChI is InChI=1S/C32H26BN3O2/c1-31(2)32(3,4)38-33(37-31)24-17-21(19-34)16-23(18-24)25-13-9-10-22(20-35)30(25)36-28-14-7-5-11-26(28)27-12-6-8-15-29(27)36/h5-18H,1-4H3. The minimum Gasteiger partial charge on any atom is -0.399 e. The van der Waals surface area contributed by atoms with Crippen LogP contribution in [0.2, 0.25) is 0 Å². The Morgan fingerprint density at radius 1 is 0.711 bits per heavy atom. The molecule has 6 rings (SSSR count). The molecule has 4 aromatic carbocycles. The summed E-state index contributed by atoms with van der Waals surface area (Å²) in [7, 11) is -0.608. The van der Waals surface area contributed by atoms with Crippen molar-refractivity contribution in [3.05, 3.63) is 96.1 Å². The average Bonchev–Trinajstić information content (AvgIpc) is 3.37. The molecule has 184 valence electrons. The number of benzene rings is 4. The van der Waals surface area contributed by atoms with Gasteiger partial charge in [0, 0.05) is 16.3 Å². The lowest BCUT2D eigenvalue weighted by Gasteiger charge is -2.32. The van der Waals surface area contributed by atoms with Crippen molar-refractivity contribution in [2.24, 2.45) is 0 Å². The highest BCUT2D eigenvalue weighted by molar-refractivity contribution is 6.62. The van der Waals surface area contributed by atoms with E-state index in [0.29, 0.717) is 11.1 Å². The number of para-hydroxylation sites is 3. The van der Waals surface area contributed by atoms with Crippen LogP contribution in [0.3, 0.4) is 0 Å². The second kappa shape index (κ2) is 8.60. The molecule has 0 spiro atoms. The van der Waals surface area contributed by atoms with Gasteiger partial charge in [0.25, 0.3) is 0 Å². The third-order valence-corrected chi connectivity index (χ3v) is 7.88. The summed E-state index contributed by atoms with van der Waals surface area (Å²) < 4.78 is 14.8. The van der Waals surface area contributed by atoms with Crippen LogP contribution >= 0.6 is 0 Å². The average molecular weight is 495 g/mol. The van der Waals surface area contributed by atoms with Crippen LogP contribution in [0.4, 0.5) is 0 Å². The van der Waals surface area contributed by atoms with Crippen molar-refractivity contribution < 1.29 is 9.31 Å². The predicted molar refractivity (Wildman–Crippen MR) is 151 cm³/mol. The fourth-order valence-electron chi connectivity index (χ4n) is 5.26. The van der Waals surface area contributed by atoms with Crippen molar-refractivity contribution in [1.82, 2.24) is 4.57 Å². The van der Waals surface area contributed by atoms with Crippen molar-refractivity contribution in [3.63, 3.8) is 0 Å². The fourth-order valence-corrected chi connectivity index (χ4v) is 5.26. The summed E-state index contributed by atoms with van der Waals surface area (Å²) in [6.07, 6.45) is 0. The van der Waals surface area contributed by atoms with Crippen LogP contribution < -0.4 is 5.46 Å². The molecule has 0 unspecified atom stereocenters. The van der Waals surface area contributed by atoms with Gasteiger partial charge in [0.1, 0.15) is 6.07 Å². The van der Waals surface area contributed by atoms with Gasteiger partial charge in [0.2, 0.25) is 0 Å². The molecule has 1 fully saturated rings. The van der Waals surface area contributed by atoms with E-state index < -0.39 is 18.3 Å². The Balaban J connectivity index is 1.63. The van der Waals surface area contributed by atoms with E-state index in [1.54, 1.807) is 0 Å². The van der Waals surface area contributed by atoms with Gasteiger partial charge in [-0.15, -0.1) is 0 Å². The lowest BCUT2D eigenvalue weighted by Crippen LogP contribution is -2.41. The fraction of sp³-hybridized carbons (Fsp3) is 0.188. The summed E-state index contributed by atoms with van der Waals surface area (Å²) in [5.41, 5.74) is 5.30. The Morgan fingerprint density at radius 2 is 1.32 bits per heavy atom. The molecule has 5 aromatic rings. The number of hydrogen-bond acceptors (Lipinski definition) is 4. The molecular formula is C32H26BN3O2. The molecule has 1 aliphatic heterocycles. The topological polar surface area (TPSA) is 71.0 Å². The molecule has 1 aliphatic rings. The molecule has 2 heterocycles. The maximum Gasteiger partial charge on any atom is 0.494 e. The highest BCUT2D eigenvalue weighted by atomic mass is 16.7. The minimum absolute atomic E-state index is 0.503. The number of hydrogen-bond donors (Lipinski definition) is 0. The summed E-state index contributed by atoms with van der Waals surface area (Å²) in [5.74, 6) is 0. The quantitative estimate of drug-likeness (QED) is 0.268. The molecule has 5 nitrogen and oxygen atoms in total. The Morgan fingerprint density at radius 3 is 1.89 bits per heavy atom. The van der Waals surface area contributed by atoms with Crippen molar-refractivity contribution in [2.45, 2.75) is 38.9 Å². The number of aromatic nitrogens is 1. The normalized spacial score (nSPS) is 16.0. The van der Waals surface area contributed by atoms with Crippen LogP contribution in [0.5, 0.6) is 0 Å². The van der Waals surface area contributed by atoms with Gasteiger partial charge in [-0.2, -0.15) is 10.5 Å². The van der Waals surface area contributed by atoms with E-state index in [9.17, 15) is 10.5 Å². The zero-order chi connectivity index (χ0) is 26.7. The summed E-state index contributed by atoms with van der Waals surface area (Å²) in [4.78, 5) is 0. The number of nitrogens with zero attached hydrogens (tertiary/aromatic N) is 3. The van der Waals surface area contributed by atoms with Crippen molar-refractivity contribution in [3.8, 4) is 29.0 Å². The second-order valence-corrected chi connectivity index (χ2v) is 10.7. The third-order valence-electron chi connectivity index (χ3n) is 7.88. The first-order valence-corrected chi connectivity index (χ1v) is 12.7. The number of nitriles is 2. The first kappa shape index (κ1) is 24.0. The van der Waals surface area contributed by atoms with E-state index in [1.165, 1.54) is 0 Å². The molecule has 0 N–H and O–H groups in total. The van der Waals surface area contributed by atoms with Gasteiger partial charge in [0.15, 0.2) is 0 Å². The highest BCUT2D eigenvalue weighted by Crippen LogP contribution is 2.39. The molecule has 0 radical (unpaired) electrons. The van der Waals surface area contributed by atoms with E-state index >= 15 is 0 Å². The SMILES string of the molecule is CC1(C)OB(c2cc(C#N)cc(-c3cccc(C#N)c3-n3c4ccccc4c4ccccc43)c2)OC1(C)C. The molecular weight excluding hydrogens is 469 g/mol. The monoisotopic (exact) mass is 495 g/mol. The molecule has 38 heavy (non-hydrogen) atoms. The Bertz CT molecular complexity index is 1750. The molecule has 1 aromatic heterocycles. The van der Waals surface area contributed by atoms with E-state index in [-0.39, 0.29) is 0 Å². The van der Waals surface area contributed by atoms with E-state index in [0.717, 1.165) is 44.1 Å². The Labute approximate surface area is 222 Å². The molecule has 0 amide bonds. The number of rotatable bonds is 3. The lowest BCUT2D eigenvalue weighted by molar-refractivity contribution is 0.00578. The Kier molecular flexibility index (Phi) is 5.44. The van der Waals surface area contributed by atoms with Crippen LogP contribution in [0.25, 0.3) is 38.6 Å². The predicted octanol–water partition coefficient (Wildman–Crippen LogP) is 6.49. The molecule has 0 atom stereocenters. The smallest absolute Gasteiger partial charge is 0.399 e. The molecule has 0 bridgehead atoms. The van der Waals surface area contributed by atoms with Crippen molar-refractivity contribution in [1.29, 1.82) is 10.5 Å². The highest BCUT2D eigenvalue weighted by Gasteiger charge is 2.51. The maximum absolute atomic E-state index is 10.2. The summed E-state index contributed by atoms with van der Waals surface area (Å²) >= 11 is 0. The number of fused-ring (bicyclic) bond motifs is 3. The first-order chi connectivity index (χ1) is 18.2. The van der Waals surface area contributed by atoms with Gasteiger partial charge < -0.3 is 13.9 Å². The molecule has 0 saturated carbocycles. The molecule has 0 aliphatic carbocycles. The van der Waals surface area contributed by atoms with Gasteiger partial charge in [-0.05, 0) is 69.1 Å². The second-order valence-electron chi connectivity index (χ2n) is 10.7. The van der Waals surface area contributed by atoms with Crippen LogP contribution in [0.15, 0.2) is 84.9 Å². The third kappa shape index (κ3) is 3.62. The van der Waals surface area contributed by atoms with Crippen molar-refractivity contribution in [2.75, 3.05) is 0 Å². The van der Waals surface area contributed by atoms with Crippen LogP contribution in [0.1, 0.15) is 38.8 Å². The molecule has 6 heteroatoms. The van der Waals surface area contributed by atoms with Crippen LogP contribution in [0, 0.1) is 22.7 Å². The minimum atomic E-state index is -0.608. The van der Waals surface area contributed by atoms with Crippen LogP contribution in [-0.2, 0) is 9.31 Å².